The van der Waals surface area contributed by atoms with Gasteiger partial charge in [-0.1, -0.05) is 20.8 Å². The van der Waals surface area contributed by atoms with Crippen LogP contribution in [-0.4, -0.2) is 38.2 Å². The van der Waals surface area contributed by atoms with E-state index >= 15 is 0 Å². The lowest BCUT2D eigenvalue weighted by Crippen LogP contribution is -2.41. The highest BCUT2D eigenvalue weighted by Gasteiger charge is 2.47. The number of ether oxygens (including phenoxy) is 1. The second-order valence-electron chi connectivity index (χ2n) is 5.50. The van der Waals surface area contributed by atoms with Crippen molar-refractivity contribution in [3.05, 3.63) is 0 Å². The molecule has 2 atom stereocenters. The third kappa shape index (κ3) is 3.03. The van der Waals surface area contributed by atoms with Crippen LogP contribution in [0.15, 0.2) is 0 Å². The molecule has 1 N–H and O–H groups in total. The molecule has 1 rings (SSSR count). The molecule has 15 heavy (non-hydrogen) atoms. The van der Waals surface area contributed by atoms with Gasteiger partial charge >= 0.3 is 5.97 Å². The topological polar surface area (TPSA) is 59.1 Å². The molecule has 0 aromatic carbocycles. The molecule has 0 aromatic heterocycles. The van der Waals surface area contributed by atoms with E-state index < -0.39 is 20.4 Å². The van der Waals surface area contributed by atoms with Gasteiger partial charge in [-0.25, -0.2) is 4.79 Å². The zero-order valence-corrected chi connectivity index (χ0v) is 11.0. The minimum absolute atomic E-state index is 0.153. The quantitative estimate of drug-likeness (QED) is 0.593. The number of carboxylic acid groups (broad SMARTS) is 1. The molecule has 4 nitrogen and oxygen atoms in total. The summed E-state index contributed by atoms with van der Waals surface area (Å²) < 4.78 is 10.8. The molecule has 1 aliphatic rings. The van der Waals surface area contributed by atoms with E-state index in [1.165, 1.54) is 0 Å². The third-order valence-electron chi connectivity index (χ3n) is 3.24. The lowest BCUT2D eigenvalue weighted by atomic mass is 10.2. The van der Waals surface area contributed by atoms with Gasteiger partial charge in [0.2, 0.25) is 0 Å². The predicted molar refractivity (Wildman–Crippen MR) is 59.4 cm³/mol. The summed E-state index contributed by atoms with van der Waals surface area (Å²) in [6, 6.07) is 0. The van der Waals surface area contributed by atoms with Crippen LogP contribution in [0.1, 0.15) is 20.8 Å². The first kappa shape index (κ1) is 12.7. The Kier molecular flexibility index (Phi) is 3.28. The van der Waals surface area contributed by atoms with Gasteiger partial charge in [-0.3, -0.25) is 0 Å². The summed E-state index contributed by atoms with van der Waals surface area (Å²) >= 11 is 0. The first-order valence-electron chi connectivity index (χ1n) is 5.17. The fourth-order valence-electron chi connectivity index (χ4n) is 0.994. The highest BCUT2D eigenvalue weighted by Crippen LogP contribution is 2.37. The molecule has 1 heterocycles. The van der Waals surface area contributed by atoms with Crippen molar-refractivity contribution >= 4 is 14.3 Å². The van der Waals surface area contributed by atoms with Gasteiger partial charge in [0.05, 0.1) is 6.61 Å². The monoisotopic (exact) mass is 232 g/mol. The van der Waals surface area contributed by atoms with Gasteiger partial charge in [-0.15, -0.1) is 0 Å². The molecule has 1 saturated heterocycles. The Balaban J connectivity index is 2.36. The normalized spacial score (nSPS) is 26.5. The molecule has 0 spiro atoms. The smallest absolute Gasteiger partial charge is 0.335 e. The Labute approximate surface area is 91.7 Å². The Hall–Kier alpha value is -0.393. The number of epoxide rings is 1. The summed E-state index contributed by atoms with van der Waals surface area (Å²) in [7, 11) is -1.76. The van der Waals surface area contributed by atoms with Crippen molar-refractivity contribution in [2.75, 3.05) is 6.61 Å². The van der Waals surface area contributed by atoms with Crippen molar-refractivity contribution < 1.29 is 19.1 Å². The predicted octanol–water partition coefficient (Wildman–Crippen LogP) is 1.86. The van der Waals surface area contributed by atoms with Crippen LogP contribution in [0.2, 0.25) is 18.1 Å². The van der Waals surface area contributed by atoms with Gasteiger partial charge in [0.1, 0.15) is 6.10 Å². The van der Waals surface area contributed by atoms with Crippen molar-refractivity contribution in [2.24, 2.45) is 0 Å². The Morgan fingerprint density at radius 2 is 2.00 bits per heavy atom. The standard InChI is InChI=1S/C10H20O4Si/c1-10(2,3)15(4,5)13-6-7-8(14-7)9(11)12/h7-8H,6H2,1-5H3,(H,11,12)/t7-,8+/m1/s1. The summed E-state index contributed by atoms with van der Waals surface area (Å²) in [6.45, 7) is 11.2. The fraction of sp³-hybridized carbons (Fsp3) is 0.900. The Bertz CT molecular complexity index is 257. The van der Waals surface area contributed by atoms with Crippen LogP contribution >= 0.6 is 0 Å². The van der Waals surface area contributed by atoms with Gasteiger partial charge in [0.15, 0.2) is 14.4 Å². The molecule has 0 amide bonds. The van der Waals surface area contributed by atoms with Crippen LogP contribution in [0.3, 0.4) is 0 Å². The van der Waals surface area contributed by atoms with E-state index in [4.69, 9.17) is 14.3 Å². The molecule has 88 valence electrons. The second kappa shape index (κ2) is 3.88. The van der Waals surface area contributed by atoms with Crippen molar-refractivity contribution in [3.63, 3.8) is 0 Å². The maximum Gasteiger partial charge on any atom is 0.335 e. The van der Waals surface area contributed by atoms with E-state index in [0.29, 0.717) is 6.61 Å². The molecule has 5 heteroatoms. The van der Waals surface area contributed by atoms with Crippen LogP contribution in [0.5, 0.6) is 0 Å². The fourth-order valence-corrected chi connectivity index (χ4v) is 2.01. The molecule has 0 aromatic rings. The van der Waals surface area contributed by atoms with Crippen LogP contribution < -0.4 is 0 Å². The van der Waals surface area contributed by atoms with E-state index in [9.17, 15) is 4.79 Å². The molecule has 0 bridgehead atoms. The SMILES string of the molecule is CC(C)(C)[Si](C)(C)OC[C@H]1O[C@@H]1C(=O)O. The lowest BCUT2D eigenvalue weighted by molar-refractivity contribution is -0.138. The molecule has 1 aliphatic heterocycles. The molecular weight excluding hydrogens is 212 g/mol. The van der Waals surface area contributed by atoms with E-state index in [0.717, 1.165) is 0 Å². The highest BCUT2D eigenvalue weighted by atomic mass is 28.4. The highest BCUT2D eigenvalue weighted by molar-refractivity contribution is 6.74. The number of hydrogen-bond acceptors (Lipinski definition) is 3. The number of hydrogen-bond donors (Lipinski definition) is 1. The maximum absolute atomic E-state index is 10.5. The van der Waals surface area contributed by atoms with Crippen molar-refractivity contribution in [3.8, 4) is 0 Å². The average Bonchev–Trinajstić information content (AvgIpc) is 2.77. The average molecular weight is 232 g/mol. The minimum Gasteiger partial charge on any atom is -0.479 e. The van der Waals surface area contributed by atoms with Crippen molar-refractivity contribution in [1.82, 2.24) is 0 Å². The third-order valence-corrected chi connectivity index (χ3v) is 7.74. The van der Waals surface area contributed by atoms with Crippen LogP contribution in [0.4, 0.5) is 0 Å². The maximum atomic E-state index is 10.5. The molecule has 0 saturated carbocycles. The number of carboxylic acids is 1. The zero-order chi connectivity index (χ0) is 11.9. The van der Waals surface area contributed by atoms with Crippen LogP contribution in [0, 0.1) is 0 Å². The first-order valence-corrected chi connectivity index (χ1v) is 8.08. The van der Waals surface area contributed by atoms with E-state index in [-0.39, 0.29) is 11.1 Å². The van der Waals surface area contributed by atoms with E-state index in [2.05, 4.69) is 33.9 Å². The number of carbonyl (C=O) groups is 1. The number of rotatable bonds is 4. The van der Waals surface area contributed by atoms with E-state index in [1.54, 1.807) is 0 Å². The van der Waals surface area contributed by atoms with Crippen LogP contribution in [-0.2, 0) is 14.0 Å². The van der Waals surface area contributed by atoms with Crippen molar-refractivity contribution in [1.29, 1.82) is 0 Å². The van der Waals surface area contributed by atoms with Gasteiger partial charge in [-0.05, 0) is 18.1 Å². The molecule has 0 radical (unpaired) electrons. The second-order valence-corrected chi connectivity index (χ2v) is 10.3. The molecule has 0 unspecified atom stereocenters. The largest absolute Gasteiger partial charge is 0.479 e. The van der Waals surface area contributed by atoms with E-state index in [1.807, 2.05) is 0 Å². The molecule has 1 fully saturated rings. The zero-order valence-electron chi connectivity index (χ0n) is 10.0. The van der Waals surface area contributed by atoms with Crippen LogP contribution in [0.25, 0.3) is 0 Å². The summed E-state index contributed by atoms with van der Waals surface area (Å²) in [4.78, 5) is 10.5. The minimum atomic E-state index is -1.76. The molecular formula is C10H20O4Si. The summed E-state index contributed by atoms with van der Waals surface area (Å²) in [5.41, 5.74) is 0. The Morgan fingerprint density at radius 1 is 1.47 bits per heavy atom. The van der Waals surface area contributed by atoms with Gasteiger partial charge in [0, 0.05) is 0 Å². The summed E-state index contributed by atoms with van der Waals surface area (Å²) in [6.07, 6.45) is -0.883. The summed E-state index contributed by atoms with van der Waals surface area (Å²) in [5.74, 6) is -0.890. The Morgan fingerprint density at radius 3 is 2.33 bits per heavy atom. The van der Waals surface area contributed by atoms with Gasteiger partial charge < -0.3 is 14.3 Å². The lowest BCUT2D eigenvalue weighted by Gasteiger charge is -2.35. The molecule has 0 aliphatic carbocycles. The van der Waals surface area contributed by atoms with Gasteiger partial charge in [0.25, 0.3) is 0 Å². The van der Waals surface area contributed by atoms with Crippen molar-refractivity contribution in [2.45, 2.75) is 51.1 Å². The number of aliphatic carboxylic acids is 1. The first-order chi connectivity index (χ1) is 6.65. The van der Waals surface area contributed by atoms with Gasteiger partial charge in [-0.2, -0.15) is 0 Å². The summed E-state index contributed by atoms with van der Waals surface area (Å²) in [5, 5.41) is 8.80.